The van der Waals surface area contributed by atoms with Gasteiger partial charge in [0, 0.05) is 6.61 Å². The number of aryl methyl sites for hydroxylation is 1. The molecule has 0 aliphatic carbocycles. The van der Waals surface area contributed by atoms with Crippen LogP contribution in [-0.4, -0.2) is 23.4 Å². The van der Waals surface area contributed by atoms with Gasteiger partial charge in [-0.2, -0.15) is 0 Å². The lowest BCUT2D eigenvalue weighted by Crippen LogP contribution is -2.27. The summed E-state index contributed by atoms with van der Waals surface area (Å²) in [5, 5.41) is 10.9. The first-order valence-electron chi connectivity index (χ1n) is 6.31. The van der Waals surface area contributed by atoms with Crippen molar-refractivity contribution in [2.45, 2.75) is 39.2 Å². The minimum absolute atomic E-state index is 0.0478. The molecule has 0 fully saturated rings. The third-order valence-corrected chi connectivity index (χ3v) is 2.35. The van der Waals surface area contributed by atoms with Gasteiger partial charge in [-0.15, -0.1) is 0 Å². The maximum absolute atomic E-state index is 13.6. The summed E-state index contributed by atoms with van der Waals surface area (Å²) >= 11 is 0. The number of anilines is 1. The summed E-state index contributed by atoms with van der Waals surface area (Å²) in [6.07, 6.45) is -0.0386. The first kappa shape index (κ1) is 16.4. The Balaban J connectivity index is 2.88. The van der Waals surface area contributed by atoms with Crippen molar-refractivity contribution in [3.63, 3.8) is 0 Å². The summed E-state index contributed by atoms with van der Waals surface area (Å²) in [6.45, 7) is 4.96. The van der Waals surface area contributed by atoms with Gasteiger partial charge < -0.3 is 9.84 Å². The SMILES string of the molecule is CC(C)(C)OC(=O)Nc1cc(CCCO)cc(F)c1F. The number of hydrogen-bond donors (Lipinski definition) is 2. The monoisotopic (exact) mass is 287 g/mol. The molecule has 4 nitrogen and oxygen atoms in total. The van der Waals surface area contributed by atoms with Crippen LogP contribution in [0.5, 0.6) is 0 Å². The van der Waals surface area contributed by atoms with E-state index < -0.39 is 23.3 Å². The minimum Gasteiger partial charge on any atom is -0.444 e. The fourth-order valence-corrected chi connectivity index (χ4v) is 1.58. The molecule has 1 rings (SSSR count). The first-order chi connectivity index (χ1) is 9.23. The molecule has 0 saturated carbocycles. The minimum atomic E-state index is -1.14. The lowest BCUT2D eigenvalue weighted by molar-refractivity contribution is 0.0635. The Morgan fingerprint density at radius 2 is 2.00 bits per heavy atom. The molecular weight excluding hydrogens is 268 g/mol. The highest BCUT2D eigenvalue weighted by Gasteiger charge is 2.19. The van der Waals surface area contributed by atoms with Crippen molar-refractivity contribution < 1.29 is 23.4 Å². The number of nitrogens with one attached hydrogen (secondary N) is 1. The van der Waals surface area contributed by atoms with Crippen molar-refractivity contribution in [2.24, 2.45) is 0 Å². The number of halogens is 2. The first-order valence-corrected chi connectivity index (χ1v) is 6.31. The zero-order valence-corrected chi connectivity index (χ0v) is 11.8. The van der Waals surface area contributed by atoms with Gasteiger partial charge in [0.2, 0.25) is 0 Å². The predicted octanol–water partition coefficient (Wildman–Crippen LogP) is 3.24. The zero-order chi connectivity index (χ0) is 15.3. The van der Waals surface area contributed by atoms with Gasteiger partial charge in [-0.3, -0.25) is 5.32 Å². The second kappa shape index (κ2) is 6.65. The van der Waals surface area contributed by atoms with E-state index in [2.05, 4.69) is 5.32 Å². The van der Waals surface area contributed by atoms with Crippen LogP contribution in [0.15, 0.2) is 12.1 Å². The average Bonchev–Trinajstić information content (AvgIpc) is 2.30. The number of ether oxygens (including phenoxy) is 1. The molecule has 1 amide bonds. The van der Waals surface area contributed by atoms with Gasteiger partial charge in [0.15, 0.2) is 11.6 Å². The molecule has 0 aliphatic heterocycles. The molecule has 0 heterocycles. The Kier molecular flexibility index (Phi) is 5.44. The second-order valence-electron chi connectivity index (χ2n) is 5.39. The largest absolute Gasteiger partial charge is 0.444 e. The molecule has 112 valence electrons. The number of aliphatic hydroxyl groups excluding tert-OH is 1. The van der Waals surface area contributed by atoms with E-state index in [4.69, 9.17) is 9.84 Å². The number of amides is 1. The maximum atomic E-state index is 13.6. The third-order valence-electron chi connectivity index (χ3n) is 2.35. The van der Waals surface area contributed by atoms with Gasteiger partial charge in [0.1, 0.15) is 5.60 Å². The summed E-state index contributed by atoms with van der Waals surface area (Å²) in [5.74, 6) is -2.19. The molecule has 0 aromatic heterocycles. The fraction of sp³-hybridized carbons (Fsp3) is 0.500. The average molecular weight is 287 g/mol. The zero-order valence-electron chi connectivity index (χ0n) is 11.8. The molecule has 6 heteroatoms. The number of rotatable bonds is 4. The van der Waals surface area contributed by atoms with E-state index in [1.807, 2.05) is 0 Å². The van der Waals surface area contributed by atoms with E-state index in [1.54, 1.807) is 20.8 Å². The maximum Gasteiger partial charge on any atom is 0.412 e. The van der Waals surface area contributed by atoms with Crippen LogP contribution in [0.1, 0.15) is 32.8 Å². The smallest absolute Gasteiger partial charge is 0.412 e. The molecule has 0 saturated heterocycles. The summed E-state index contributed by atoms with van der Waals surface area (Å²) in [4.78, 5) is 11.6. The standard InChI is InChI=1S/C14H19F2NO3/c1-14(2,3)20-13(19)17-11-8-9(5-4-6-18)7-10(15)12(11)16/h7-8,18H,4-6H2,1-3H3,(H,17,19). The molecule has 0 bridgehead atoms. The van der Waals surface area contributed by atoms with Gasteiger partial charge in [-0.1, -0.05) is 0 Å². The highest BCUT2D eigenvalue weighted by atomic mass is 19.2. The highest BCUT2D eigenvalue weighted by molar-refractivity contribution is 5.85. The molecule has 0 spiro atoms. The Morgan fingerprint density at radius 1 is 1.35 bits per heavy atom. The molecule has 1 aromatic carbocycles. The Hall–Kier alpha value is -1.69. The van der Waals surface area contributed by atoms with Crippen LogP contribution in [0.2, 0.25) is 0 Å². The van der Waals surface area contributed by atoms with E-state index in [-0.39, 0.29) is 12.3 Å². The second-order valence-corrected chi connectivity index (χ2v) is 5.39. The van der Waals surface area contributed by atoms with Crippen LogP contribution < -0.4 is 5.32 Å². The molecule has 0 radical (unpaired) electrons. The number of aliphatic hydroxyl groups is 1. The molecular formula is C14H19F2NO3. The molecule has 1 aromatic rings. The van der Waals surface area contributed by atoms with E-state index in [0.717, 1.165) is 6.07 Å². The van der Waals surface area contributed by atoms with Crippen LogP contribution in [0.25, 0.3) is 0 Å². The van der Waals surface area contributed by atoms with Crippen molar-refractivity contribution in [3.8, 4) is 0 Å². The van der Waals surface area contributed by atoms with Crippen molar-refractivity contribution in [1.29, 1.82) is 0 Å². The quantitative estimate of drug-likeness (QED) is 0.893. The van der Waals surface area contributed by atoms with Crippen molar-refractivity contribution in [3.05, 3.63) is 29.3 Å². The van der Waals surface area contributed by atoms with Crippen LogP contribution in [-0.2, 0) is 11.2 Å². The Morgan fingerprint density at radius 3 is 2.55 bits per heavy atom. The predicted molar refractivity (Wildman–Crippen MR) is 71.6 cm³/mol. The molecule has 0 aliphatic rings. The summed E-state index contributed by atoms with van der Waals surface area (Å²) in [6, 6.07) is 2.38. The van der Waals surface area contributed by atoms with Crippen LogP contribution >= 0.6 is 0 Å². The lowest BCUT2D eigenvalue weighted by Gasteiger charge is -2.20. The van der Waals surface area contributed by atoms with Crippen LogP contribution in [0.4, 0.5) is 19.3 Å². The van der Waals surface area contributed by atoms with Crippen molar-refractivity contribution >= 4 is 11.8 Å². The van der Waals surface area contributed by atoms with Gasteiger partial charge in [-0.25, -0.2) is 13.6 Å². The van der Waals surface area contributed by atoms with Crippen LogP contribution in [0.3, 0.4) is 0 Å². The number of hydrogen-bond acceptors (Lipinski definition) is 3. The topological polar surface area (TPSA) is 58.6 Å². The number of benzene rings is 1. The van der Waals surface area contributed by atoms with E-state index >= 15 is 0 Å². The van der Waals surface area contributed by atoms with Gasteiger partial charge >= 0.3 is 6.09 Å². The molecule has 2 N–H and O–H groups in total. The highest BCUT2D eigenvalue weighted by Crippen LogP contribution is 2.21. The van der Waals surface area contributed by atoms with Crippen LogP contribution in [0, 0.1) is 11.6 Å². The number of carbonyl (C=O) groups is 1. The Labute approximate surface area is 116 Å². The normalized spacial score (nSPS) is 11.3. The Bertz CT molecular complexity index is 484. The van der Waals surface area contributed by atoms with Crippen molar-refractivity contribution in [2.75, 3.05) is 11.9 Å². The third kappa shape index (κ3) is 5.13. The molecule has 0 unspecified atom stereocenters. The lowest BCUT2D eigenvalue weighted by atomic mass is 10.1. The van der Waals surface area contributed by atoms with Gasteiger partial charge in [0.25, 0.3) is 0 Å². The summed E-state index contributed by atoms with van der Waals surface area (Å²) in [7, 11) is 0. The van der Waals surface area contributed by atoms with Crippen molar-refractivity contribution in [1.82, 2.24) is 0 Å². The van der Waals surface area contributed by atoms with E-state index in [9.17, 15) is 13.6 Å². The van der Waals surface area contributed by atoms with Gasteiger partial charge in [0.05, 0.1) is 5.69 Å². The van der Waals surface area contributed by atoms with E-state index in [1.165, 1.54) is 6.07 Å². The summed E-state index contributed by atoms with van der Waals surface area (Å²) < 4.78 is 32.0. The molecule has 0 atom stereocenters. The fourth-order valence-electron chi connectivity index (χ4n) is 1.58. The van der Waals surface area contributed by atoms with E-state index in [0.29, 0.717) is 18.4 Å². The summed E-state index contributed by atoms with van der Waals surface area (Å²) in [5.41, 5.74) is -0.510. The molecule has 20 heavy (non-hydrogen) atoms. The number of carbonyl (C=O) groups excluding carboxylic acids is 1. The van der Waals surface area contributed by atoms with Gasteiger partial charge in [-0.05, 0) is 51.3 Å².